The van der Waals surface area contributed by atoms with Gasteiger partial charge in [-0.3, -0.25) is 0 Å². The van der Waals surface area contributed by atoms with Gasteiger partial charge in [-0.05, 0) is 52.8 Å². The van der Waals surface area contributed by atoms with Crippen LogP contribution in [0.2, 0.25) is 0 Å². The maximum absolute atomic E-state index is 9.58. The first-order valence-corrected chi connectivity index (χ1v) is 11.5. The van der Waals surface area contributed by atoms with E-state index >= 15 is 0 Å². The molecule has 1 aliphatic rings. The van der Waals surface area contributed by atoms with Crippen LogP contribution in [0.4, 0.5) is 0 Å². The highest BCUT2D eigenvalue weighted by atomic mass is 32.1. The summed E-state index contributed by atoms with van der Waals surface area (Å²) in [5.74, 6) is 0.577. The molecular weight excluding hydrogens is 424 g/mol. The molecule has 5 heterocycles. The standard InChI is InChI=1S/C22H24N8OS/c1-13-10-25-22(32-13)15(3)31-19-8-16(12-29-21(19)17(9-23)11-26-29)20-14(2)30(28-27-20)18-4-6-24-7-5-18/h8,10-12,15,18,24H,4-7H2,1-3H3. The monoisotopic (exact) mass is 448 g/mol. The van der Waals surface area contributed by atoms with E-state index in [1.807, 2.05) is 43.9 Å². The number of hydrogen-bond acceptors (Lipinski definition) is 8. The summed E-state index contributed by atoms with van der Waals surface area (Å²) in [5.41, 5.74) is 3.75. The lowest BCUT2D eigenvalue weighted by Crippen LogP contribution is -2.30. The fourth-order valence-electron chi connectivity index (χ4n) is 4.19. The largest absolute Gasteiger partial charge is 0.481 e. The lowest BCUT2D eigenvalue weighted by atomic mass is 10.1. The van der Waals surface area contributed by atoms with Gasteiger partial charge in [0.15, 0.2) is 0 Å². The minimum absolute atomic E-state index is 0.263. The molecule has 1 saturated heterocycles. The zero-order valence-corrected chi connectivity index (χ0v) is 19.1. The molecule has 9 nitrogen and oxygen atoms in total. The van der Waals surface area contributed by atoms with Crippen LogP contribution < -0.4 is 10.1 Å². The molecule has 0 bridgehead atoms. The summed E-state index contributed by atoms with van der Waals surface area (Å²) < 4.78 is 10.0. The first kappa shape index (κ1) is 20.6. The normalized spacial score (nSPS) is 15.7. The van der Waals surface area contributed by atoms with Crippen molar-refractivity contribution >= 4 is 16.9 Å². The van der Waals surface area contributed by atoms with Gasteiger partial charge in [0, 0.05) is 22.8 Å². The molecule has 0 spiro atoms. The van der Waals surface area contributed by atoms with Gasteiger partial charge in [-0.1, -0.05) is 5.21 Å². The number of nitrogens with zero attached hydrogens (tertiary/aromatic N) is 7. The van der Waals surface area contributed by atoms with Crippen molar-refractivity contribution in [1.29, 1.82) is 5.26 Å². The molecule has 32 heavy (non-hydrogen) atoms. The number of nitriles is 1. The Morgan fingerprint density at radius 1 is 1.28 bits per heavy atom. The van der Waals surface area contributed by atoms with Crippen molar-refractivity contribution in [1.82, 2.24) is 34.9 Å². The van der Waals surface area contributed by atoms with Gasteiger partial charge in [-0.2, -0.15) is 10.4 Å². The number of piperidine rings is 1. The van der Waals surface area contributed by atoms with E-state index in [0.29, 0.717) is 22.9 Å². The van der Waals surface area contributed by atoms with Crippen LogP contribution in [0.25, 0.3) is 16.8 Å². The summed E-state index contributed by atoms with van der Waals surface area (Å²) in [6, 6.07) is 4.49. The number of nitrogens with one attached hydrogen (secondary N) is 1. The first-order chi connectivity index (χ1) is 15.5. The topological polar surface area (TPSA) is 106 Å². The number of aromatic nitrogens is 6. The fraction of sp³-hybridized carbons (Fsp3) is 0.409. The van der Waals surface area contributed by atoms with Crippen LogP contribution in [-0.4, -0.2) is 42.7 Å². The Morgan fingerprint density at radius 3 is 2.81 bits per heavy atom. The van der Waals surface area contributed by atoms with Crippen molar-refractivity contribution in [2.75, 3.05) is 13.1 Å². The third kappa shape index (κ3) is 3.63. The highest BCUT2D eigenvalue weighted by Gasteiger charge is 2.23. The van der Waals surface area contributed by atoms with Crippen LogP contribution >= 0.6 is 11.3 Å². The molecule has 1 N–H and O–H groups in total. The molecule has 0 amide bonds. The summed E-state index contributed by atoms with van der Waals surface area (Å²) >= 11 is 1.60. The molecule has 4 aromatic heterocycles. The first-order valence-electron chi connectivity index (χ1n) is 10.7. The van der Waals surface area contributed by atoms with Gasteiger partial charge in [0.05, 0.1) is 17.9 Å². The molecule has 1 fully saturated rings. The van der Waals surface area contributed by atoms with Gasteiger partial charge in [0.1, 0.15) is 39.7 Å². The second-order valence-electron chi connectivity index (χ2n) is 8.07. The second kappa shape index (κ2) is 8.33. The molecule has 164 valence electrons. The van der Waals surface area contributed by atoms with E-state index in [2.05, 4.69) is 31.8 Å². The van der Waals surface area contributed by atoms with Gasteiger partial charge in [0.25, 0.3) is 0 Å². The lowest BCUT2D eigenvalue weighted by molar-refractivity contribution is 0.228. The third-order valence-electron chi connectivity index (χ3n) is 5.84. The molecule has 0 aromatic carbocycles. The fourth-order valence-corrected chi connectivity index (χ4v) is 4.95. The quantitative estimate of drug-likeness (QED) is 0.497. The molecule has 5 rings (SSSR count). The smallest absolute Gasteiger partial charge is 0.148 e. The van der Waals surface area contributed by atoms with Crippen LogP contribution in [0.5, 0.6) is 5.75 Å². The van der Waals surface area contributed by atoms with E-state index in [1.54, 1.807) is 22.0 Å². The van der Waals surface area contributed by atoms with Crippen molar-refractivity contribution in [2.45, 2.75) is 45.8 Å². The highest BCUT2D eigenvalue weighted by Crippen LogP contribution is 2.34. The molecule has 1 unspecified atom stereocenters. The minimum Gasteiger partial charge on any atom is -0.481 e. The van der Waals surface area contributed by atoms with Gasteiger partial charge in [-0.25, -0.2) is 14.2 Å². The molecule has 1 atom stereocenters. The molecule has 0 aliphatic carbocycles. The Hall–Kier alpha value is -3.29. The van der Waals surface area contributed by atoms with E-state index in [1.165, 1.54) is 0 Å². The molecule has 4 aromatic rings. The Balaban J connectivity index is 1.56. The predicted molar refractivity (Wildman–Crippen MR) is 121 cm³/mol. The van der Waals surface area contributed by atoms with Crippen molar-refractivity contribution in [2.24, 2.45) is 0 Å². The van der Waals surface area contributed by atoms with E-state index < -0.39 is 0 Å². The maximum Gasteiger partial charge on any atom is 0.148 e. The Kier molecular flexibility index (Phi) is 5.36. The van der Waals surface area contributed by atoms with Gasteiger partial charge in [0.2, 0.25) is 0 Å². The number of pyridine rings is 1. The Labute approximate surface area is 189 Å². The molecule has 1 aliphatic heterocycles. The Bertz CT molecular complexity index is 1310. The number of thiazole rings is 1. The average molecular weight is 449 g/mol. The van der Waals surface area contributed by atoms with Crippen molar-refractivity contribution < 1.29 is 4.74 Å². The van der Waals surface area contributed by atoms with Crippen molar-refractivity contribution in [3.8, 4) is 23.1 Å². The van der Waals surface area contributed by atoms with E-state index in [4.69, 9.17) is 4.74 Å². The molecule has 10 heteroatoms. The lowest BCUT2D eigenvalue weighted by Gasteiger charge is -2.23. The number of fused-ring (bicyclic) bond motifs is 1. The average Bonchev–Trinajstić information content (AvgIpc) is 3.52. The third-order valence-corrected chi connectivity index (χ3v) is 6.92. The van der Waals surface area contributed by atoms with Crippen LogP contribution in [0.1, 0.15) is 53.1 Å². The highest BCUT2D eigenvalue weighted by molar-refractivity contribution is 7.11. The number of rotatable bonds is 5. The zero-order valence-electron chi connectivity index (χ0n) is 18.2. The molecule has 0 saturated carbocycles. The van der Waals surface area contributed by atoms with Crippen molar-refractivity contribution in [3.05, 3.63) is 45.8 Å². The van der Waals surface area contributed by atoms with Crippen LogP contribution in [-0.2, 0) is 0 Å². The predicted octanol–water partition coefficient (Wildman–Crippen LogP) is 3.60. The number of aryl methyl sites for hydroxylation is 1. The number of ether oxygens (including phenoxy) is 1. The maximum atomic E-state index is 9.58. The summed E-state index contributed by atoms with van der Waals surface area (Å²) in [7, 11) is 0. The minimum atomic E-state index is -0.263. The zero-order chi connectivity index (χ0) is 22.2. The summed E-state index contributed by atoms with van der Waals surface area (Å²) in [6.45, 7) is 8.00. The summed E-state index contributed by atoms with van der Waals surface area (Å²) in [5, 5.41) is 27.2. The van der Waals surface area contributed by atoms with Gasteiger partial charge < -0.3 is 10.1 Å². The van der Waals surface area contributed by atoms with Crippen LogP contribution in [0.15, 0.2) is 24.7 Å². The van der Waals surface area contributed by atoms with Gasteiger partial charge >= 0.3 is 0 Å². The van der Waals surface area contributed by atoms with E-state index in [-0.39, 0.29) is 6.10 Å². The van der Waals surface area contributed by atoms with Crippen molar-refractivity contribution in [3.63, 3.8) is 0 Å². The van der Waals surface area contributed by atoms with E-state index in [0.717, 1.165) is 52.8 Å². The molecule has 0 radical (unpaired) electrons. The molecular formula is C22H24N8OS. The SMILES string of the molecule is Cc1cnc(C(C)Oc2cc(-c3nnn(C4CCNCC4)c3C)cn3ncc(C#N)c23)s1. The second-order valence-corrected chi connectivity index (χ2v) is 9.34. The Morgan fingerprint density at radius 2 is 2.09 bits per heavy atom. The van der Waals surface area contributed by atoms with E-state index in [9.17, 15) is 5.26 Å². The van der Waals surface area contributed by atoms with Crippen LogP contribution in [0.3, 0.4) is 0 Å². The number of hydrogen-bond donors (Lipinski definition) is 1. The van der Waals surface area contributed by atoms with Gasteiger partial charge in [-0.15, -0.1) is 16.4 Å². The summed E-state index contributed by atoms with van der Waals surface area (Å²) in [4.78, 5) is 5.57. The van der Waals surface area contributed by atoms with Crippen LogP contribution in [0, 0.1) is 25.2 Å². The summed E-state index contributed by atoms with van der Waals surface area (Å²) in [6.07, 6.45) is 7.08.